The first-order chi connectivity index (χ1) is 12.5. The molecule has 6 nitrogen and oxygen atoms in total. The summed E-state index contributed by atoms with van der Waals surface area (Å²) >= 11 is 0. The van der Waals surface area contributed by atoms with E-state index in [2.05, 4.69) is 10.2 Å². The molecule has 0 aliphatic heterocycles. The summed E-state index contributed by atoms with van der Waals surface area (Å²) in [7, 11) is 4.01. The van der Waals surface area contributed by atoms with Gasteiger partial charge in [-0.05, 0) is 51.1 Å². The van der Waals surface area contributed by atoms with Crippen molar-refractivity contribution in [1.29, 1.82) is 0 Å². The Hall–Kier alpha value is -2.08. The number of amides is 1. The zero-order chi connectivity index (χ0) is 18.9. The highest BCUT2D eigenvalue weighted by Crippen LogP contribution is 2.30. The Balaban J connectivity index is 1.74. The fraction of sp³-hybridized carbons (Fsp3) is 0.600. The highest BCUT2D eigenvalue weighted by atomic mass is 16.5. The molecule has 1 aliphatic rings. The first-order valence-electron chi connectivity index (χ1n) is 9.34. The number of hydrogen-bond donors (Lipinski definition) is 2. The van der Waals surface area contributed by atoms with Crippen LogP contribution in [0.25, 0.3) is 0 Å². The van der Waals surface area contributed by atoms with Gasteiger partial charge in [-0.25, -0.2) is 0 Å². The molecule has 1 fully saturated rings. The van der Waals surface area contributed by atoms with Gasteiger partial charge in [-0.1, -0.05) is 25.0 Å². The molecule has 2 rings (SSSR count). The van der Waals surface area contributed by atoms with Gasteiger partial charge in [0.25, 0.3) is 0 Å². The predicted molar refractivity (Wildman–Crippen MR) is 100 cm³/mol. The molecule has 2 unspecified atom stereocenters. The molecular weight excluding hydrogens is 332 g/mol. The molecule has 144 valence electrons. The molecule has 0 radical (unpaired) electrons. The van der Waals surface area contributed by atoms with Crippen LogP contribution in [0.2, 0.25) is 0 Å². The molecule has 0 heterocycles. The number of benzene rings is 1. The summed E-state index contributed by atoms with van der Waals surface area (Å²) < 4.78 is 5.66. The van der Waals surface area contributed by atoms with Crippen LogP contribution in [0.5, 0.6) is 5.75 Å². The number of carboxylic acid groups (broad SMARTS) is 1. The van der Waals surface area contributed by atoms with Crippen molar-refractivity contribution in [2.24, 2.45) is 11.8 Å². The average molecular weight is 362 g/mol. The number of rotatable bonds is 9. The van der Waals surface area contributed by atoms with E-state index in [0.29, 0.717) is 32.4 Å². The lowest BCUT2D eigenvalue weighted by Gasteiger charge is -2.27. The Bertz CT molecular complexity index is 586. The van der Waals surface area contributed by atoms with Crippen molar-refractivity contribution in [3.8, 4) is 5.75 Å². The van der Waals surface area contributed by atoms with Crippen LogP contribution < -0.4 is 10.1 Å². The van der Waals surface area contributed by atoms with Gasteiger partial charge in [0.2, 0.25) is 5.91 Å². The molecular formula is C20H30N2O4. The lowest BCUT2D eigenvalue weighted by molar-refractivity contribution is -0.148. The minimum Gasteiger partial charge on any atom is -0.492 e. The van der Waals surface area contributed by atoms with Crippen molar-refractivity contribution in [3.05, 3.63) is 29.8 Å². The number of carbonyl (C=O) groups excluding carboxylic acids is 1. The van der Waals surface area contributed by atoms with Crippen LogP contribution in [0, 0.1) is 11.8 Å². The summed E-state index contributed by atoms with van der Waals surface area (Å²) in [6, 6.07) is 7.87. The Labute approximate surface area is 155 Å². The zero-order valence-corrected chi connectivity index (χ0v) is 15.7. The normalized spacial score (nSPS) is 20.0. The highest BCUT2D eigenvalue weighted by molar-refractivity contribution is 5.84. The molecule has 1 aromatic rings. The number of nitrogens with one attached hydrogen (secondary N) is 1. The van der Waals surface area contributed by atoms with E-state index in [1.54, 1.807) is 0 Å². The SMILES string of the molecule is CN(C)CCOc1ccc(CCNC(=O)C2CCCCC2C(=O)O)cc1. The van der Waals surface area contributed by atoms with Gasteiger partial charge in [-0.15, -0.1) is 0 Å². The molecule has 1 amide bonds. The van der Waals surface area contributed by atoms with E-state index in [1.807, 2.05) is 38.4 Å². The minimum atomic E-state index is -0.852. The Kier molecular flexibility index (Phi) is 7.91. The van der Waals surface area contributed by atoms with E-state index in [4.69, 9.17) is 4.74 Å². The first kappa shape index (κ1) is 20.2. The maximum atomic E-state index is 12.3. The third-order valence-electron chi connectivity index (χ3n) is 4.86. The van der Waals surface area contributed by atoms with Crippen LogP contribution in [-0.4, -0.2) is 55.7 Å². The van der Waals surface area contributed by atoms with Gasteiger partial charge in [0.05, 0.1) is 11.8 Å². The van der Waals surface area contributed by atoms with Crippen LogP contribution in [0.15, 0.2) is 24.3 Å². The van der Waals surface area contributed by atoms with Crippen molar-refractivity contribution in [2.45, 2.75) is 32.1 Å². The molecule has 1 saturated carbocycles. The molecule has 0 saturated heterocycles. The maximum absolute atomic E-state index is 12.3. The second kappa shape index (κ2) is 10.2. The Morgan fingerprint density at radius 1 is 1.15 bits per heavy atom. The monoisotopic (exact) mass is 362 g/mol. The molecule has 26 heavy (non-hydrogen) atoms. The molecule has 6 heteroatoms. The molecule has 2 N–H and O–H groups in total. The summed E-state index contributed by atoms with van der Waals surface area (Å²) in [6.07, 6.45) is 3.81. The zero-order valence-electron chi connectivity index (χ0n) is 15.7. The van der Waals surface area contributed by atoms with E-state index in [-0.39, 0.29) is 5.91 Å². The number of carbonyl (C=O) groups is 2. The maximum Gasteiger partial charge on any atom is 0.307 e. The fourth-order valence-electron chi connectivity index (χ4n) is 3.30. The van der Waals surface area contributed by atoms with Crippen molar-refractivity contribution < 1.29 is 19.4 Å². The number of carboxylic acids is 1. The van der Waals surface area contributed by atoms with E-state index in [0.717, 1.165) is 30.7 Å². The van der Waals surface area contributed by atoms with E-state index >= 15 is 0 Å². The van der Waals surface area contributed by atoms with Crippen LogP contribution in [0.1, 0.15) is 31.2 Å². The minimum absolute atomic E-state index is 0.124. The van der Waals surface area contributed by atoms with Crippen molar-refractivity contribution in [3.63, 3.8) is 0 Å². The number of nitrogens with zero attached hydrogens (tertiary/aromatic N) is 1. The molecule has 1 aromatic carbocycles. The second-order valence-corrected chi connectivity index (χ2v) is 7.17. The van der Waals surface area contributed by atoms with Gasteiger partial charge in [0, 0.05) is 13.1 Å². The lowest BCUT2D eigenvalue weighted by Crippen LogP contribution is -2.40. The van der Waals surface area contributed by atoms with Crippen molar-refractivity contribution in [1.82, 2.24) is 10.2 Å². The summed E-state index contributed by atoms with van der Waals surface area (Å²) in [6.45, 7) is 2.03. The quantitative estimate of drug-likeness (QED) is 0.704. The summed E-state index contributed by atoms with van der Waals surface area (Å²) in [5, 5.41) is 12.2. The Morgan fingerprint density at radius 3 is 2.42 bits per heavy atom. The van der Waals surface area contributed by atoms with E-state index < -0.39 is 17.8 Å². The number of aliphatic carboxylic acids is 1. The predicted octanol–water partition coefficient (Wildman–Crippen LogP) is 2.18. The number of ether oxygens (including phenoxy) is 1. The van der Waals surface area contributed by atoms with Gasteiger partial charge >= 0.3 is 5.97 Å². The second-order valence-electron chi connectivity index (χ2n) is 7.17. The van der Waals surface area contributed by atoms with Crippen LogP contribution in [-0.2, 0) is 16.0 Å². The van der Waals surface area contributed by atoms with Gasteiger partial charge < -0.3 is 20.1 Å². The number of likely N-dealkylation sites (N-methyl/N-ethyl adjacent to an activating group) is 1. The van der Waals surface area contributed by atoms with Gasteiger partial charge in [-0.2, -0.15) is 0 Å². The molecule has 0 bridgehead atoms. The van der Waals surface area contributed by atoms with Crippen LogP contribution in [0.3, 0.4) is 0 Å². The van der Waals surface area contributed by atoms with Gasteiger partial charge in [0.1, 0.15) is 12.4 Å². The van der Waals surface area contributed by atoms with Crippen molar-refractivity contribution in [2.75, 3.05) is 33.8 Å². The standard InChI is InChI=1S/C20H30N2O4/c1-22(2)13-14-26-16-9-7-15(8-10-16)11-12-21-19(23)17-5-3-4-6-18(17)20(24)25/h7-10,17-18H,3-6,11-14H2,1-2H3,(H,21,23)(H,24,25). The highest BCUT2D eigenvalue weighted by Gasteiger charge is 2.35. The molecule has 1 aliphatic carbocycles. The molecule has 0 spiro atoms. The summed E-state index contributed by atoms with van der Waals surface area (Å²) in [4.78, 5) is 25.7. The van der Waals surface area contributed by atoms with Crippen LogP contribution in [0.4, 0.5) is 0 Å². The lowest BCUT2D eigenvalue weighted by atomic mass is 9.78. The van der Waals surface area contributed by atoms with Crippen molar-refractivity contribution >= 4 is 11.9 Å². The summed E-state index contributed by atoms with van der Waals surface area (Å²) in [5.74, 6) is -1.07. The first-order valence-corrected chi connectivity index (χ1v) is 9.34. The molecule has 2 atom stereocenters. The fourth-order valence-corrected chi connectivity index (χ4v) is 3.30. The van der Waals surface area contributed by atoms with Crippen LogP contribution >= 0.6 is 0 Å². The van der Waals surface area contributed by atoms with Gasteiger partial charge in [-0.3, -0.25) is 9.59 Å². The molecule has 0 aromatic heterocycles. The van der Waals surface area contributed by atoms with E-state index in [1.165, 1.54) is 0 Å². The Morgan fingerprint density at radius 2 is 1.81 bits per heavy atom. The smallest absolute Gasteiger partial charge is 0.307 e. The topological polar surface area (TPSA) is 78.9 Å². The number of hydrogen-bond acceptors (Lipinski definition) is 4. The van der Waals surface area contributed by atoms with Gasteiger partial charge in [0.15, 0.2) is 0 Å². The van der Waals surface area contributed by atoms with E-state index in [9.17, 15) is 14.7 Å². The average Bonchev–Trinajstić information content (AvgIpc) is 2.62. The third kappa shape index (κ3) is 6.33. The third-order valence-corrected chi connectivity index (χ3v) is 4.86. The largest absolute Gasteiger partial charge is 0.492 e. The summed E-state index contributed by atoms with van der Waals surface area (Å²) in [5.41, 5.74) is 1.11.